The minimum absolute atomic E-state index is 0.139. The molecule has 0 saturated carbocycles. The van der Waals surface area contributed by atoms with Crippen molar-refractivity contribution in [3.05, 3.63) is 70.5 Å². The lowest BCUT2D eigenvalue weighted by atomic mass is 10.0. The van der Waals surface area contributed by atoms with E-state index in [0.717, 1.165) is 23.2 Å². The van der Waals surface area contributed by atoms with Crippen molar-refractivity contribution in [3.8, 4) is 0 Å². The maximum absolute atomic E-state index is 6.55. The molecule has 1 heterocycles. The van der Waals surface area contributed by atoms with Crippen molar-refractivity contribution in [2.75, 3.05) is 0 Å². The van der Waals surface area contributed by atoms with Gasteiger partial charge in [0.2, 0.25) is 0 Å². The van der Waals surface area contributed by atoms with E-state index in [2.05, 4.69) is 57.2 Å². The molecule has 3 aromatic rings. The van der Waals surface area contributed by atoms with E-state index in [-0.39, 0.29) is 5.38 Å². The van der Waals surface area contributed by atoms with Crippen LogP contribution in [0.15, 0.2) is 46.9 Å². The van der Waals surface area contributed by atoms with Crippen molar-refractivity contribution in [2.45, 2.75) is 32.6 Å². The molecule has 0 aliphatic rings. The molecule has 0 aliphatic heterocycles. The number of furan rings is 1. The largest absolute Gasteiger partial charge is 0.459 e. The number of fused-ring (bicyclic) bond motifs is 1. The second-order valence-electron chi connectivity index (χ2n) is 5.78. The summed E-state index contributed by atoms with van der Waals surface area (Å²) in [7, 11) is 0. The van der Waals surface area contributed by atoms with Crippen molar-refractivity contribution >= 4 is 22.6 Å². The molecule has 0 amide bonds. The zero-order chi connectivity index (χ0) is 15.0. The van der Waals surface area contributed by atoms with Gasteiger partial charge in [0.15, 0.2) is 0 Å². The van der Waals surface area contributed by atoms with Crippen molar-refractivity contribution in [1.82, 2.24) is 0 Å². The van der Waals surface area contributed by atoms with Crippen LogP contribution in [0.1, 0.15) is 33.4 Å². The van der Waals surface area contributed by atoms with E-state index >= 15 is 0 Å². The fourth-order valence-corrected chi connectivity index (χ4v) is 2.86. The maximum Gasteiger partial charge on any atom is 0.134 e. The third-order valence-corrected chi connectivity index (χ3v) is 4.36. The summed E-state index contributed by atoms with van der Waals surface area (Å²) in [5.74, 6) is 0.843. The van der Waals surface area contributed by atoms with Crippen LogP contribution in [0.5, 0.6) is 0 Å². The van der Waals surface area contributed by atoms with Gasteiger partial charge in [-0.05, 0) is 62.1 Å². The monoisotopic (exact) mass is 298 g/mol. The predicted octanol–water partition coefficient (Wildman–Crippen LogP) is 5.88. The Morgan fingerprint density at radius 2 is 1.76 bits per heavy atom. The van der Waals surface area contributed by atoms with Crippen LogP contribution in [-0.4, -0.2) is 0 Å². The number of hydrogen-bond acceptors (Lipinski definition) is 1. The number of alkyl halides is 1. The SMILES string of the molecule is Cc1ccc2oc(C(Cl)Cc3ccc(C)c(C)c3)cc2c1. The summed E-state index contributed by atoms with van der Waals surface area (Å²) in [6.45, 7) is 6.34. The average Bonchev–Trinajstić information content (AvgIpc) is 2.86. The molecule has 0 N–H and O–H groups in total. The molecule has 108 valence electrons. The van der Waals surface area contributed by atoms with Gasteiger partial charge in [-0.15, -0.1) is 11.6 Å². The Morgan fingerprint density at radius 3 is 2.52 bits per heavy atom. The number of hydrogen-bond donors (Lipinski definition) is 0. The van der Waals surface area contributed by atoms with E-state index in [9.17, 15) is 0 Å². The zero-order valence-corrected chi connectivity index (χ0v) is 13.4. The summed E-state index contributed by atoms with van der Waals surface area (Å²) in [5.41, 5.74) is 5.99. The maximum atomic E-state index is 6.55. The van der Waals surface area contributed by atoms with Gasteiger partial charge in [-0.3, -0.25) is 0 Å². The molecule has 2 heteroatoms. The minimum atomic E-state index is -0.139. The topological polar surface area (TPSA) is 13.1 Å². The highest BCUT2D eigenvalue weighted by atomic mass is 35.5. The fraction of sp³-hybridized carbons (Fsp3) is 0.263. The molecule has 0 bridgehead atoms. The molecule has 21 heavy (non-hydrogen) atoms. The second kappa shape index (κ2) is 5.57. The van der Waals surface area contributed by atoms with E-state index < -0.39 is 0 Å². The summed E-state index contributed by atoms with van der Waals surface area (Å²) >= 11 is 6.55. The third-order valence-electron chi connectivity index (χ3n) is 3.99. The van der Waals surface area contributed by atoms with E-state index in [1.54, 1.807) is 0 Å². The Hall–Kier alpha value is -1.73. The first kappa shape index (κ1) is 14.2. The van der Waals surface area contributed by atoms with Crippen LogP contribution in [0, 0.1) is 20.8 Å². The van der Waals surface area contributed by atoms with E-state index in [1.165, 1.54) is 22.3 Å². The first-order valence-electron chi connectivity index (χ1n) is 7.23. The van der Waals surface area contributed by atoms with Crippen LogP contribution in [-0.2, 0) is 6.42 Å². The van der Waals surface area contributed by atoms with Crippen molar-refractivity contribution in [3.63, 3.8) is 0 Å². The molecule has 0 radical (unpaired) electrons. The highest BCUT2D eigenvalue weighted by molar-refractivity contribution is 6.20. The van der Waals surface area contributed by atoms with Crippen molar-refractivity contribution < 1.29 is 4.42 Å². The van der Waals surface area contributed by atoms with Crippen molar-refractivity contribution in [1.29, 1.82) is 0 Å². The van der Waals surface area contributed by atoms with Gasteiger partial charge in [0.1, 0.15) is 11.3 Å². The summed E-state index contributed by atoms with van der Waals surface area (Å²) < 4.78 is 5.88. The molecule has 1 atom stereocenters. The van der Waals surface area contributed by atoms with Gasteiger partial charge in [0, 0.05) is 5.39 Å². The highest BCUT2D eigenvalue weighted by Gasteiger charge is 2.14. The van der Waals surface area contributed by atoms with Crippen LogP contribution in [0.3, 0.4) is 0 Å². The Kier molecular flexibility index (Phi) is 3.77. The molecule has 1 unspecified atom stereocenters. The molecule has 1 aromatic heterocycles. The fourth-order valence-electron chi connectivity index (χ4n) is 2.58. The number of rotatable bonds is 3. The van der Waals surface area contributed by atoms with Gasteiger partial charge in [-0.1, -0.05) is 29.8 Å². The lowest BCUT2D eigenvalue weighted by molar-refractivity contribution is 0.540. The standard InChI is InChI=1S/C19H19ClO/c1-12-4-7-18-16(8-12)11-19(21-18)17(20)10-15-6-5-13(2)14(3)9-15/h4-9,11,17H,10H2,1-3H3. The van der Waals surface area contributed by atoms with Gasteiger partial charge in [-0.25, -0.2) is 0 Å². The van der Waals surface area contributed by atoms with Crippen LogP contribution in [0.2, 0.25) is 0 Å². The summed E-state index contributed by atoms with van der Waals surface area (Å²) in [5, 5.41) is 0.982. The lowest BCUT2D eigenvalue weighted by Crippen LogP contribution is -1.95. The zero-order valence-electron chi connectivity index (χ0n) is 12.6. The molecule has 0 aliphatic carbocycles. The van der Waals surface area contributed by atoms with Gasteiger partial charge in [-0.2, -0.15) is 0 Å². The molecule has 0 saturated heterocycles. The van der Waals surface area contributed by atoms with E-state index in [4.69, 9.17) is 16.0 Å². The normalized spacial score (nSPS) is 12.8. The lowest BCUT2D eigenvalue weighted by Gasteiger charge is -2.08. The molecule has 0 spiro atoms. The Balaban J connectivity index is 1.85. The summed E-state index contributed by atoms with van der Waals surface area (Å²) in [6.07, 6.45) is 0.779. The number of benzene rings is 2. The molecule has 1 nitrogen and oxygen atoms in total. The van der Waals surface area contributed by atoms with E-state index in [1.807, 2.05) is 6.07 Å². The molecular weight excluding hydrogens is 280 g/mol. The smallest absolute Gasteiger partial charge is 0.134 e. The summed E-state index contributed by atoms with van der Waals surface area (Å²) in [6, 6.07) is 14.7. The third kappa shape index (κ3) is 2.98. The second-order valence-corrected chi connectivity index (χ2v) is 6.31. The number of aryl methyl sites for hydroxylation is 3. The molecular formula is C19H19ClO. The molecule has 0 fully saturated rings. The Morgan fingerprint density at radius 1 is 0.952 bits per heavy atom. The quantitative estimate of drug-likeness (QED) is 0.550. The van der Waals surface area contributed by atoms with Crippen LogP contribution < -0.4 is 0 Å². The highest BCUT2D eigenvalue weighted by Crippen LogP contribution is 2.31. The van der Waals surface area contributed by atoms with E-state index in [0.29, 0.717) is 0 Å². The first-order chi connectivity index (χ1) is 10.0. The summed E-state index contributed by atoms with van der Waals surface area (Å²) in [4.78, 5) is 0. The predicted molar refractivity (Wildman–Crippen MR) is 89.2 cm³/mol. The molecule has 3 rings (SSSR count). The van der Waals surface area contributed by atoms with Crippen LogP contribution in [0.25, 0.3) is 11.0 Å². The van der Waals surface area contributed by atoms with Crippen LogP contribution in [0.4, 0.5) is 0 Å². The van der Waals surface area contributed by atoms with Crippen LogP contribution >= 0.6 is 11.6 Å². The van der Waals surface area contributed by atoms with Gasteiger partial charge < -0.3 is 4.42 Å². The van der Waals surface area contributed by atoms with Gasteiger partial charge in [0.25, 0.3) is 0 Å². The Bertz CT molecular complexity index is 785. The van der Waals surface area contributed by atoms with Gasteiger partial charge >= 0.3 is 0 Å². The number of halogens is 1. The Labute approximate surface area is 130 Å². The molecule has 2 aromatic carbocycles. The first-order valence-corrected chi connectivity index (χ1v) is 7.67. The van der Waals surface area contributed by atoms with Gasteiger partial charge in [0.05, 0.1) is 5.38 Å². The average molecular weight is 299 g/mol. The van der Waals surface area contributed by atoms with Crippen molar-refractivity contribution in [2.24, 2.45) is 0 Å². The minimum Gasteiger partial charge on any atom is -0.459 e.